The fourth-order valence-electron chi connectivity index (χ4n) is 1.89. The first kappa shape index (κ1) is 13.4. The summed E-state index contributed by atoms with van der Waals surface area (Å²) in [5.41, 5.74) is 0. The molecule has 0 aromatic carbocycles. The Labute approximate surface area is 114 Å². The number of nitrogens with zero attached hydrogens (tertiary/aromatic N) is 1. The number of thiophene rings is 1. The van der Waals surface area contributed by atoms with Crippen molar-refractivity contribution in [2.24, 2.45) is 4.99 Å². The fourth-order valence-corrected chi connectivity index (χ4v) is 2.91. The molecular formula is C14H23N3S. The maximum atomic E-state index is 4.49. The Morgan fingerprint density at radius 1 is 1.50 bits per heavy atom. The molecule has 100 valence electrons. The molecule has 0 amide bonds. The lowest BCUT2D eigenvalue weighted by Gasteiger charge is -2.17. The first-order valence-electron chi connectivity index (χ1n) is 6.80. The van der Waals surface area contributed by atoms with Gasteiger partial charge in [-0.3, -0.25) is 4.99 Å². The van der Waals surface area contributed by atoms with Crippen molar-refractivity contribution in [1.29, 1.82) is 0 Å². The van der Waals surface area contributed by atoms with Gasteiger partial charge in [-0.2, -0.15) is 0 Å². The minimum atomic E-state index is 0.416. The smallest absolute Gasteiger partial charge is 0.191 e. The van der Waals surface area contributed by atoms with E-state index in [0.29, 0.717) is 12.1 Å². The number of hydrogen-bond acceptors (Lipinski definition) is 2. The Hall–Kier alpha value is -1.03. The summed E-state index contributed by atoms with van der Waals surface area (Å²) in [5, 5.41) is 6.95. The molecule has 1 heterocycles. The van der Waals surface area contributed by atoms with E-state index < -0.39 is 0 Å². The molecule has 1 unspecified atom stereocenters. The predicted molar refractivity (Wildman–Crippen MR) is 79.5 cm³/mol. The zero-order valence-corrected chi connectivity index (χ0v) is 12.3. The van der Waals surface area contributed by atoms with Gasteiger partial charge in [-0.05, 0) is 45.7 Å². The van der Waals surface area contributed by atoms with Crippen molar-refractivity contribution in [2.75, 3.05) is 6.54 Å². The molecule has 1 aliphatic rings. The van der Waals surface area contributed by atoms with Gasteiger partial charge in [0.1, 0.15) is 0 Å². The molecule has 0 aliphatic heterocycles. The average Bonchev–Trinajstić information content (AvgIpc) is 3.02. The van der Waals surface area contributed by atoms with Crippen molar-refractivity contribution in [3.8, 4) is 0 Å². The molecule has 1 aromatic heterocycles. The Kier molecular flexibility index (Phi) is 4.64. The molecule has 18 heavy (non-hydrogen) atoms. The van der Waals surface area contributed by atoms with E-state index in [1.54, 1.807) is 0 Å². The third-order valence-electron chi connectivity index (χ3n) is 2.92. The molecule has 3 nitrogen and oxygen atoms in total. The zero-order valence-electron chi connectivity index (χ0n) is 11.5. The van der Waals surface area contributed by atoms with Gasteiger partial charge in [-0.15, -0.1) is 11.3 Å². The van der Waals surface area contributed by atoms with E-state index in [1.165, 1.54) is 22.6 Å². The third-order valence-corrected chi connectivity index (χ3v) is 3.94. The maximum absolute atomic E-state index is 4.49. The molecular weight excluding hydrogens is 242 g/mol. The number of rotatable bonds is 5. The number of aryl methyl sites for hydroxylation is 1. The van der Waals surface area contributed by atoms with Crippen LogP contribution < -0.4 is 10.6 Å². The lowest BCUT2D eigenvalue weighted by atomic mass is 10.2. The van der Waals surface area contributed by atoms with Crippen LogP contribution in [0.5, 0.6) is 0 Å². The van der Waals surface area contributed by atoms with E-state index in [-0.39, 0.29) is 0 Å². The van der Waals surface area contributed by atoms with E-state index in [4.69, 9.17) is 0 Å². The molecule has 0 bridgehead atoms. The van der Waals surface area contributed by atoms with Gasteiger partial charge in [-0.1, -0.05) is 0 Å². The molecule has 1 aromatic rings. The van der Waals surface area contributed by atoms with Crippen molar-refractivity contribution < 1.29 is 0 Å². The van der Waals surface area contributed by atoms with Crippen molar-refractivity contribution in [2.45, 2.75) is 52.1 Å². The fraction of sp³-hybridized carbons (Fsp3) is 0.643. The number of aliphatic imine (C=N–C) groups is 1. The van der Waals surface area contributed by atoms with Crippen molar-refractivity contribution in [1.82, 2.24) is 10.6 Å². The number of guanidine groups is 1. The van der Waals surface area contributed by atoms with Crippen LogP contribution in [-0.2, 0) is 6.42 Å². The van der Waals surface area contributed by atoms with Crippen LogP contribution in [0.4, 0.5) is 0 Å². The first-order chi connectivity index (χ1) is 8.67. The molecule has 1 atom stereocenters. The molecule has 2 N–H and O–H groups in total. The van der Waals surface area contributed by atoms with Gasteiger partial charge in [0.15, 0.2) is 5.96 Å². The van der Waals surface area contributed by atoms with Gasteiger partial charge in [0.2, 0.25) is 0 Å². The summed E-state index contributed by atoms with van der Waals surface area (Å²) < 4.78 is 0. The summed E-state index contributed by atoms with van der Waals surface area (Å²) in [4.78, 5) is 7.31. The van der Waals surface area contributed by atoms with Gasteiger partial charge < -0.3 is 10.6 Å². The third kappa shape index (κ3) is 4.33. The minimum Gasteiger partial charge on any atom is -0.354 e. The largest absolute Gasteiger partial charge is 0.354 e. The molecule has 2 rings (SSSR count). The second kappa shape index (κ2) is 6.23. The zero-order chi connectivity index (χ0) is 13.0. The summed E-state index contributed by atoms with van der Waals surface area (Å²) in [7, 11) is 0. The summed E-state index contributed by atoms with van der Waals surface area (Å²) in [5.74, 6) is 0.973. The van der Waals surface area contributed by atoms with Gasteiger partial charge in [0.05, 0.1) is 0 Å². The van der Waals surface area contributed by atoms with Crippen LogP contribution in [-0.4, -0.2) is 24.6 Å². The second-order valence-corrected chi connectivity index (χ2v) is 6.38. The van der Waals surface area contributed by atoms with E-state index in [0.717, 1.165) is 18.9 Å². The Balaban J connectivity index is 1.83. The van der Waals surface area contributed by atoms with Crippen LogP contribution in [0.2, 0.25) is 0 Å². The van der Waals surface area contributed by atoms with Crippen LogP contribution in [0.15, 0.2) is 17.1 Å². The highest BCUT2D eigenvalue weighted by molar-refractivity contribution is 7.11. The van der Waals surface area contributed by atoms with Crippen LogP contribution in [0, 0.1) is 6.92 Å². The van der Waals surface area contributed by atoms with Crippen LogP contribution >= 0.6 is 11.3 Å². The lowest BCUT2D eigenvalue weighted by Crippen LogP contribution is -2.44. The summed E-state index contributed by atoms with van der Waals surface area (Å²) in [6, 6.07) is 5.48. The van der Waals surface area contributed by atoms with E-state index in [9.17, 15) is 0 Å². The normalized spacial score (nSPS) is 17.6. The van der Waals surface area contributed by atoms with Crippen LogP contribution in [0.1, 0.15) is 36.4 Å². The first-order valence-corrected chi connectivity index (χ1v) is 7.62. The van der Waals surface area contributed by atoms with Gasteiger partial charge in [-0.25, -0.2) is 0 Å². The topological polar surface area (TPSA) is 36.4 Å². The number of hydrogen-bond donors (Lipinski definition) is 2. The van der Waals surface area contributed by atoms with E-state index in [2.05, 4.69) is 48.5 Å². The van der Waals surface area contributed by atoms with Gasteiger partial charge in [0, 0.05) is 34.8 Å². The number of nitrogens with one attached hydrogen (secondary N) is 2. The SMILES string of the molecule is CCN=C(NC(C)Cc1ccc(C)s1)NC1CC1. The molecule has 0 saturated heterocycles. The van der Waals surface area contributed by atoms with Gasteiger partial charge in [0.25, 0.3) is 0 Å². The predicted octanol–water partition coefficient (Wildman–Crippen LogP) is 2.71. The Morgan fingerprint density at radius 2 is 2.28 bits per heavy atom. The minimum absolute atomic E-state index is 0.416. The van der Waals surface area contributed by atoms with Crippen LogP contribution in [0.25, 0.3) is 0 Å². The summed E-state index contributed by atoms with van der Waals surface area (Å²) in [6.07, 6.45) is 3.62. The maximum Gasteiger partial charge on any atom is 0.191 e. The van der Waals surface area contributed by atoms with E-state index >= 15 is 0 Å². The quantitative estimate of drug-likeness (QED) is 0.634. The van der Waals surface area contributed by atoms with Crippen molar-refractivity contribution in [3.63, 3.8) is 0 Å². The molecule has 4 heteroatoms. The highest BCUT2D eigenvalue weighted by Crippen LogP contribution is 2.19. The highest BCUT2D eigenvalue weighted by Gasteiger charge is 2.22. The Morgan fingerprint density at radius 3 is 2.83 bits per heavy atom. The van der Waals surface area contributed by atoms with E-state index in [1.807, 2.05) is 11.3 Å². The van der Waals surface area contributed by atoms with Gasteiger partial charge >= 0.3 is 0 Å². The molecule has 1 fully saturated rings. The molecule has 1 saturated carbocycles. The highest BCUT2D eigenvalue weighted by atomic mass is 32.1. The van der Waals surface area contributed by atoms with Crippen LogP contribution in [0.3, 0.4) is 0 Å². The summed E-state index contributed by atoms with van der Waals surface area (Å²) >= 11 is 1.88. The molecule has 0 spiro atoms. The second-order valence-electron chi connectivity index (χ2n) is 5.00. The molecule has 1 aliphatic carbocycles. The average molecular weight is 265 g/mol. The molecule has 0 radical (unpaired) electrons. The summed E-state index contributed by atoms with van der Waals surface area (Å²) in [6.45, 7) is 7.27. The monoisotopic (exact) mass is 265 g/mol. The van der Waals surface area contributed by atoms with Crippen molar-refractivity contribution >= 4 is 17.3 Å². The Bertz CT molecular complexity index is 407. The lowest BCUT2D eigenvalue weighted by molar-refractivity contribution is 0.642. The van der Waals surface area contributed by atoms with Crippen molar-refractivity contribution in [3.05, 3.63) is 21.9 Å². The standard InChI is InChI=1S/C14H23N3S/c1-4-15-14(17-12-6-7-12)16-10(2)9-13-8-5-11(3)18-13/h5,8,10,12H,4,6-7,9H2,1-3H3,(H2,15,16,17).